The molecule has 2 aliphatic heterocycles. The van der Waals surface area contributed by atoms with Gasteiger partial charge in [0.15, 0.2) is 0 Å². The van der Waals surface area contributed by atoms with Crippen LogP contribution in [0.15, 0.2) is 36.4 Å². The second-order valence-corrected chi connectivity index (χ2v) is 8.01. The number of ether oxygens (including phenoxy) is 1. The summed E-state index contributed by atoms with van der Waals surface area (Å²) in [6.45, 7) is 5.47. The highest BCUT2D eigenvalue weighted by Gasteiger charge is 2.51. The first-order chi connectivity index (χ1) is 13.9. The number of hydrogen-bond donors (Lipinski definition) is 1. The quantitative estimate of drug-likeness (QED) is 0.850. The maximum absolute atomic E-state index is 13.2. The van der Waals surface area contributed by atoms with Crippen LogP contribution in [0.3, 0.4) is 0 Å². The van der Waals surface area contributed by atoms with Crippen molar-refractivity contribution in [3.8, 4) is 0 Å². The molecule has 1 aromatic heterocycles. The van der Waals surface area contributed by atoms with E-state index in [4.69, 9.17) is 10.5 Å². The van der Waals surface area contributed by atoms with Crippen LogP contribution in [-0.2, 0) is 11.2 Å². The zero-order valence-electron chi connectivity index (χ0n) is 16.7. The molecule has 2 N–H and O–H groups in total. The lowest BCUT2D eigenvalue weighted by Crippen LogP contribution is -2.63. The Hall–Kier alpha value is -3.16. The third-order valence-electron chi connectivity index (χ3n) is 5.57. The topological polar surface area (TPSA) is 102 Å². The number of nitrogen functional groups attached to an aromatic ring is 1. The second-order valence-electron chi connectivity index (χ2n) is 8.01. The third kappa shape index (κ3) is 3.62. The van der Waals surface area contributed by atoms with Crippen LogP contribution in [0.2, 0.25) is 0 Å². The van der Waals surface area contributed by atoms with Gasteiger partial charge in [-0.2, -0.15) is 0 Å². The Morgan fingerprint density at radius 3 is 2.72 bits per heavy atom. The van der Waals surface area contributed by atoms with Crippen LogP contribution in [0, 0.1) is 0 Å². The molecule has 1 unspecified atom stereocenters. The largest absolute Gasteiger partial charge is 0.447 e. The van der Waals surface area contributed by atoms with E-state index in [2.05, 4.69) is 9.97 Å². The molecule has 0 saturated carbocycles. The fraction of sp³-hybridized carbons (Fsp3) is 0.429. The fourth-order valence-electron chi connectivity index (χ4n) is 4.06. The van der Waals surface area contributed by atoms with Crippen molar-refractivity contribution in [2.45, 2.75) is 31.7 Å². The first-order valence-electron chi connectivity index (χ1n) is 9.80. The summed E-state index contributed by atoms with van der Waals surface area (Å²) >= 11 is 0. The lowest BCUT2D eigenvalue weighted by molar-refractivity contribution is 0.0371. The molecule has 2 saturated heterocycles. The molecule has 0 spiro atoms. The number of carbonyl (C=O) groups is 2. The van der Waals surface area contributed by atoms with Gasteiger partial charge in [0.1, 0.15) is 17.8 Å². The number of aromatic nitrogens is 2. The molecular formula is C21H25N5O3. The third-order valence-corrected chi connectivity index (χ3v) is 5.57. The van der Waals surface area contributed by atoms with Gasteiger partial charge in [-0.25, -0.2) is 14.8 Å². The first kappa shape index (κ1) is 19.2. The number of nitrogens with zero attached hydrogens (tertiary/aromatic N) is 4. The van der Waals surface area contributed by atoms with E-state index in [1.54, 1.807) is 15.9 Å². The van der Waals surface area contributed by atoms with E-state index >= 15 is 0 Å². The van der Waals surface area contributed by atoms with Gasteiger partial charge >= 0.3 is 6.09 Å². The zero-order chi connectivity index (χ0) is 20.6. The fourth-order valence-corrected chi connectivity index (χ4v) is 4.06. The molecule has 0 aliphatic carbocycles. The number of benzene rings is 1. The summed E-state index contributed by atoms with van der Waals surface area (Å²) < 4.78 is 5.38. The van der Waals surface area contributed by atoms with Gasteiger partial charge in [0, 0.05) is 31.7 Å². The molecule has 3 heterocycles. The number of rotatable bonds is 4. The highest BCUT2D eigenvalue weighted by atomic mass is 16.6. The van der Waals surface area contributed by atoms with E-state index in [-0.39, 0.29) is 36.2 Å². The van der Waals surface area contributed by atoms with Crippen molar-refractivity contribution in [3.05, 3.63) is 53.3 Å². The van der Waals surface area contributed by atoms with Gasteiger partial charge in [-0.1, -0.05) is 44.2 Å². The molecule has 8 nitrogen and oxygen atoms in total. The van der Waals surface area contributed by atoms with Crippen molar-refractivity contribution in [2.75, 3.05) is 32.0 Å². The Bertz CT molecular complexity index is 933. The average molecular weight is 395 g/mol. The molecule has 29 heavy (non-hydrogen) atoms. The van der Waals surface area contributed by atoms with Crippen molar-refractivity contribution < 1.29 is 14.3 Å². The van der Waals surface area contributed by atoms with Crippen molar-refractivity contribution in [2.24, 2.45) is 0 Å². The van der Waals surface area contributed by atoms with E-state index in [9.17, 15) is 9.59 Å². The standard InChI is InChI=1S/C21H25N5O3/c1-14(2)16-10-17(24-19(22)23-16)18(27)25-8-9-26-20(28)29-13-21(26,12-25)11-15-6-4-3-5-7-15/h3-7,10,14H,8-9,11-13H2,1-2H3,(H2,22,23,24). The number of nitrogens with two attached hydrogens (primary N) is 1. The summed E-state index contributed by atoms with van der Waals surface area (Å²) in [7, 11) is 0. The number of hydrogen-bond acceptors (Lipinski definition) is 6. The number of fused-ring (bicyclic) bond motifs is 1. The molecular weight excluding hydrogens is 370 g/mol. The summed E-state index contributed by atoms with van der Waals surface area (Å²) in [5.41, 5.74) is 7.37. The molecule has 2 fully saturated rings. The molecule has 2 aliphatic rings. The lowest BCUT2D eigenvalue weighted by atomic mass is 9.88. The van der Waals surface area contributed by atoms with Gasteiger partial charge in [-0.05, 0) is 17.5 Å². The number of cyclic esters (lactones) is 1. The second kappa shape index (κ2) is 7.35. The Kier molecular flexibility index (Phi) is 4.86. The highest BCUT2D eigenvalue weighted by Crippen LogP contribution is 2.33. The van der Waals surface area contributed by atoms with Crippen molar-refractivity contribution in [1.29, 1.82) is 0 Å². The van der Waals surface area contributed by atoms with E-state index in [1.165, 1.54) is 0 Å². The van der Waals surface area contributed by atoms with Crippen LogP contribution in [-0.4, -0.2) is 63.5 Å². The monoisotopic (exact) mass is 395 g/mol. The molecule has 8 heteroatoms. The van der Waals surface area contributed by atoms with Crippen molar-refractivity contribution in [3.63, 3.8) is 0 Å². The van der Waals surface area contributed by atoms with Crippen molar-refractivity contribution in [1.82, 2.24) is 19.8 Å². The summed E-state index contributed by atoms with van der Waals surface area (Å²) in [4.78, 5) is 37.4. The lowest BCUT2D eigenvalue weighted by Gasteiger charge is -2.44. The first-order valence-corrected chi connectivity index (χ1v) is 9.80. The highest BCUT2D eigenvalue weighted by molar-refractivity contribution is 5.93. The molecule has 4 rings (SSSR count). The molecule has 152 valence electrons. The summed E-state index contributed by atoms with van der Waals surface area (Å²) in [5, 5.41) is 0. The van der Waals surface area contributed by atoms with Crippen LogP contribution in [0.1, 0.15) is 41.5 Å². The SMILES string of the molecule is CC(C)c1cc(C(=O)N2CCN3C(=O)OCC3(Cc3ccccc3)C2)nc(N)n1. The van der Waals surface area contributed by atoms with Crippen LogP contribution >= 0.6 is 0 Å². The molecule has 1 atom stereocenters. The number of piperazine rings is 1. The Balaban J connectivity index is 1.61. The predicted molar refractivity (Wildman–Crippen MR) is 107 cm³/mol. The maximum Gasteiger partial charge on any atom is 0.410 e. The number of carbonyl (C=O) groups excluding carboxylic acids is 2. The number of amides is 2. The van der Waals surface area contributed by atoms with E-state index in [0.29, 0.717) is 26.1 Å². The summed E-state index contributed by atoms with van der Waals surface area (Å²) in [5.74, 6) is 0.0259. The minimum Gasteiger partial charge on any atom is -0.447 e. The molecule has 0 bridgehead atoms. The van der Waals surface area contributed by atoms with Crippen LogP contribution in [0.5, 0.6) is 0 Å². The minimum absolute atomic E-state index is 0.0940. The van der Waals surface area contributed by atoms with Crippen LogP contribution in [0.4, 0.5) is 10.7 Å². The smallest absolute Gasteiger partial charge is 0.410 e. The normalized spacial score (nSPS) is 21.3. The van der Waals surface area contributed by atoms with Gasteiger partial charge in [-0.15, -0.1) is 0 Å². The van der Waals surface area contributed by atoms with E-state index in [0.717, 1.165) is 11.3 Å². The van der Waals surface area contributed by atoms with Crippen molar-refractivity contribution >= 4 is 17.9 Å². The molecule has 1 aromatic carbocycles. The Morgan fingerprint density at radius 2 is 2.00 bits per heavy atom. The summed E-state index contributed by atoms with van der Waals surface area (Å²) in [6, 6.07) is 11.6. The minimum atomic E-state index is -0.578. The van der Waals surface area contributed by atoms with E-state index in [1.807, 2.05) is 44.2 Å². The van der Waals surface area contributed by atoms with Gasteiger partial charge in [0.25, 0.3) is 5.91 Å². The molecule has 2 aromatic rings. The van der Waals surface area contributed by atoms with Gasteiger partial charge in [-0.3, -0.25) is 9.69 Å². The Morgan fingerprint density at radius 1 is 1.24 bits per heavy atom. The predicted octanol–water partition coefficient (Wildman–Crippen LogP) is 2.07. The molecule has 0 radical (unpaired) electrons. The van der Waals surface area contributed by atoms with E-state index < -0.39 is 5.54 Å². The van der Waals surface area contributed by atoms with Gasteiger partial charge in [0.05, 0.1) is 0 Å². The maximum atomic E-state index is 13.2. The average Bonchev–Trinajstić information content (AvgIpc) is 3.03. The number of anilines is 1. The van der Waals surface area contributed by atoms with Crippen LogP contribution < -0.4 is 5.73 Å². The van der Waals surface area contributed by atoms with Gasteiger partial charge in [0.2, 0.25) is 5.95 Å². The molecule has 2 amide bonds. The van der Waals surface area contributed by atoms with Gasteiger partial charge < -0.3 is 15.4 Å². The Labute approximate surface area is 169 Å². The summed E-state index contributed by atoms with van der Waals surface area (Å²) in [6.07, 6.45) is 0.299. The zero-order valence-corrected chi connectivity index (χ0v) is 16.7. The van der Waals surface area contributed by atoms with Crippen LogP contribution in [0.25, 0.3) is 0 Å².